The highest BCUT2D eigenvalue weighted by Gasteiger charge is 2.65. The Balaban J connectivity index is 1.64. The van der Waals surface area contributed by atoms with Crippen LogP contribution in [-0.2, 0) is 19.1 Å². The maximum atomic E-state index is 12.5. The van der Waals surface area contributed by atoms with Crippen LogP contribution in [0.1, 0.15) is 52.9 Å². The number of carbonyl (C=O) groups is 2. The van der Waals surface area contributed by atoms with Crippen LogP contribution >= 0.6 is 0 Å². The maximum absolute atomic E-state index is 12.5. The molecule has 4 heteroatoms. The summed E-state index contributed by atoms with van der Waals surface area (Å²) in [5, 5.41) is 0. The van der Waals surface area contributed by atoms with Gasteiger partial charge in [-0.2, -0.15) is 0 Å². The molecule has 2 aliphatic carbocycles. The average molecular weight is 330 g/mol. The molecule has 0 bridgehead atoms. The van der Waals surface area contributed by atoms with Gasteiger partial charge in [-0.1, -0.05) is 18.9 Å². The van der Waals surface area contributed by atoms with E-state index in [0.29, 0.717) is 12.5 Å². The van der Waals surface area contributed by atoms with E-state index in [2.05, 4.69) is 26.8 Å². The van der Waals surface area contributed by atoms with Gasteiger partial charge in [-0.25, -0.2) is 4.79 Å². The van der Waals surface area contributed by atoms with Gasteiger partial charge in [0, 0.05) is 11.5 Å². The van der Waals surface area contributed by atoms with Gasteiger partial charge in [-0.3, -0.25) is 4.79 Å². The quantitative estimate of drug-likeness (QED) is 0.586. The lowest BCUT2D eigenvalue weighted by atomic mass is 9.48. The van der Waals surface area contributed by atoms with Gasteiger partial charge < -0.3 is 9.47 Å². The summed E-state index contributed by atoms with van der Waals surface area (Å²) in [5.41, 5.74) is 1.83. The number of esters is 2. The van der Waals surface area contributed by atoms with Gasteiger partial charge >= 0.3 is 11.9 Å². The number of hydrogen-bond donors (Lipinski definition) is 0. The molecule has 0 aromatic rings. The van der Waals surface area contributed by atoms with Crippen molar-refractivity contribution in [1.29, 1.82) is 0 Å². The summed E-state index contributed by atoms with van der Waals surface area (Å²) in [6.07, 6.45) is 8.83. The zero-order valence-electron chi connectivity index (χ0n) is 14.8. The normalized spacial score (nSPS) is 43.7. The second-order valence-electron chi connectivity index (χ2n) is 8.45. The van der Waals surface area contributed by atoms with Crippen molar-refractivity contribution in [3.63, 3.8) is 0 Å². The van der Waals surface area contributed by atoms with Crippen LogP contribution in [0.2, 0.25) is 0 Å². The topological polar surface area (TPSA) is 52.6 Å². The van der Waals surface area contributed by atoms with Gasteiger partial charge in [0.05, 0.1) is 5.41 Å². The Morgan fingerprint density at radius 1 is 1.25 bits per heavy atom. The van der Waals surface area contributed by atoms with Crippen molar-refractivity contribution in [2.75, 3.05) is 6.61 Å². The monoisotopic (exact) mass is 330 g/mol. The van der Waals surface area contributed by atoms with E-state index in [1.165, 1.54) is 5.57 Å². The van der Waals surface area contributed by atoms with Crippen LogP contribution in [0.15, 0.2) is 23.3 Å². The zero-order chi connectivity index (χ0) is 17.1. The standard InChI is InChI=1S/C20H26O4/c1-12-11-15-16-19(2,8-4-9-20(16,3)18(22)24-15)14(12)6-5-13-7-10-23-17(13)21/h7,11,14-16H,4-6,8-10H2,1-3H3/t14-,15+,16+,19+,20-/m0/s1. The lowest BCUT2D eigenvalue weighted by Gasteiger charge is -2.54. The highest BCUT2D eigenvalue weighted by atomic mass is 16.6. The summed E-state index contributed by atoms with van der Waals surface area (Å²) in [6.45, 7) is 7.01. The number of carbonyl (C=O) groups excluding carboxylic acids is 2. The van der Waals surface area contributed by atoms with E-state index in [9.17, 15) is 9.59 Å². The third-order valence-corrected chi connectivity index (χ3v) is 7.13. The number of rotatable bonds is 3. The summed E-state index contributed by atoms with van der Waals surface area (Å²) in [4.78, 5) is 24.2. The fourth-order valence-corrected chi connectivity index (χ4v) is 6.04. The summed E-state index contributed by atoms with van der Waals surface area (Å²) < 4.78 is 10.8. The second kappa shape index (κ2) is 5.21. The van der Waals surface area contributed by atoms with E-state index in [-0.39, 0.29) is 34.8 Å². The second-order valence-corrected chi connectivity index (χ2v) is 8.45. The molecular formula is C20H26O4. The third kappa shape index (κ3) is 2.04. The van der Waals surface area contributed by atoms with E-state index in [4.69, 9.17) is 9.47 Å². The Hall–Kier alpha value is -1.58. The molecule has 2 fully saturated rings. The van der Waals surface area contributed by atoms with Gasteiger partial charge in [-0.05, 0) is 63.0 Å². The molecule has 4 rings (SSSR count). The Kier molecular flexibility index (Phi) is 3.45. The third-order valence-electron chi connectivity index (χ3n) is 7.13. The molecule has 4 aliphatic rings. The van der Waals surface area contributed by atoms with Crippen molar-refractivity contribution < 1.29 is 19.1 Å². The Morgan fingerprint density at radius 2 is 2.04 bits per heavy atom. The lowest BCUT2D eigenvalue weighted by molar-refractivity contribution is -0.148. The minimum absolute atomic E-state index is 0.0183. The maximum Gasteiger partial charge on any atom is 0.334 e. The smallest absolute Gasteiger partial charge is 0.334 e. The molecular weight excluding hydrogens is 304 g/mol. The average Bonchev–Trinajstić information content (AvgIpc) is 3.01. The van der Waals surface area contributed by atoms with Crippen molar-refractivity contribution in [1.82, 2.24) is 0 Å². The number of allylic oxidation sites excluding steroid dienone is 1. The van der Waals surface area contributed by atoms with E-state index in [1.54, 1.807) is 0 Å². The van der Waals surface area contributed by atoms with Crippen LogP contribution in [0.25, 0.3) is 0 Å². The van der Waals surface area contributed by atoms with Gasteiger partial charge in [-0.15, -0.1) is 0 Å². The van der Waals surface area contributed by atoms with E-state index >= 15 is 0 Å². The molecule has 4 nitrogen and oxygen atoms in total. The molecule has 1 saturated carbocycles. The minimum Gasteiger partial charge on any atom is -0.458 e. The van der Waals surface area contributed by atoms with Gasteiger partial charge in [0.25, 0.3) is 0 Å². The van der Waals surface area contributed by atoms with Crippen molar-refractivity contribution in [2.24, 2.45) is 22.7 Å². The predicted molar refractivity (Wildman–Crippen MR) is 89.0 cm³/mol. The van der Waals surface area contributed by atoms with Gasteiger partial charge in [0.2, 0.25) is 0 Å². The summed E-state index contributed by atoms with van der Waals surface area (Å²) >= 11 is 0. The first-order valence-electron chi connectivity index (χ1n) is 9.12. The van der Waals surface area contributed by atoms with Crippen LogP contribution in [-0.4, -0.2) is 24.6 Å². The predicted octanol–water partition coefficient (Wildman–Crippen LogP) is 3.56. The number of cyclic esters (lactones) is 1. The van der Waals surface area contributed by atoms with Crippen LogP contribution in [0.4, 0.5) is 0 Å². The fraction of sp³-hybridized carbons (Fsp3) is 0.700. The highest BCUT2D eigenvalue weighted by Crippen LogP contribution is 2.64. The summed E-state index contributed by atoms with van der Waals surface area (Å²) in [6, 6.07) is 0. The van der Waals surface area contributed by atoms with Crippen molar-refractivity contribution in [3.05, 3.63) is 23.3 Å². The Bertz CT molecular complexity index is 661. The zero-order valence-corrected chi connectivity index (χ0v) is 14.8. The molecule has 130 valence electrons. The summed E-state index contributed by atoms with van der Waals surface area (Å²) in [7, 11) is 0. The molecule has 2 heterocycles. The van der Waals surface area contributed by atoms with Crippen molar-refractivity contribution in [2.45, 2.75) is 59.0 Å². The SMILES string of the molecule is CC1=C[C@H]2OC(=O)[C@@]3(C)CCC[C@@](C)([C@@H]23)[C@H]1CCC1=CCOC1=O. The van der Waals surface area contributed by atoms with Crippen LogP contribution in [0.3, 0.4) is 0 Å². The van der Waals surface area contributed by atoms with Crippen molar-refractivity contribution >= 4 is 11.9 Å². The summed E-state index contributed by atoms with van der Waals surface area (Å²) in [5.74, 6) is 0.463. The fourth-order valence-electron chi connectivity index (χ4n) is 6.04. The number of hydrogen-bond acceptors (Lipinski definition) is 4. The molecule has 0 N–H and O–H groups in total. The molecule has 0 aromatic heterocycles. The largest absolute Gasteiger partial charge is 0.458 e. The lowest BCUT2D eigenvalue weighted by Crippen LogP contribution is -2.52. The molecule has 1 saturated heterocycles. The Morgan fingerprint density at radius 3 is 2.75 bits per heavy atom. The Labute approximate surface area is 143 Å². The van der Waals surface area contributed by atoms with E-state index in [1.807, 2.05) is 6.08 Å². The highest BCUT2D eigenvalue weighted by molar-refractivity contribution is 5.90. The van der Waals surface area contributed by atoms with E-state index in [0.717, 1.165) is 37.7 Å². The number of ether oxygens (including phenoxy) is 2. The van der Waals surface area contributed by atoms with Crippen molar-refractivity contribution in [3.8, 4) is 0 Å². The molecule has 0 aromatic carbocycles. The van der Waals surface area contributed by atoms with Crippen LogP contribution in [0, 0.1) is 22.7 Å². The van der Waals surface area contributed by atoms with Gasteiger partial charge in [0.15, 0.2) is 0 Å². The molecule has 0 spiro atoms. The first-order chi connectivity index (χ1) is 11.4. The first kappa shape index (κ1) is 15.9. The van der Waals surface area contributed by atoms with Crippen LogP contribution < -0.4 is 0 Å². The van der Waals surface area contributed by atoms with Crippen LogP contribution in [0.5, 0.6) is 0 Å². The first-order valence-corrected chi connectivity index (χ1v) is 9.12. The molecule has 5 atom stereocenters. The molecule has 0 amide bonds. The minimum atomic E-state index is -0.349. The molecule has 0 unspecified atom stereocenters. The molecule has 2 aliphatic heterocycles. The van der Waals surface area contributed by atoms with E-state index < -0.39 is 0 Å². The van der Waals surface area contributed by atoms with Gasteiger partial charge in [0.1, 0.15) is 12.7 Å². The molecule has 24 heavy (non-hydrogen) atoms. The molecule has 0 radical (unpaired) electrons.